The molecule has 33 heavy (non-hydrogen) atoms. The highest BCUT2D eigenvalue weighted by Crippen LogP contribution is 2.29. The third kappa shape index (κ3) is 5.78. The summed E-state index contributed by atoms with van der Waals surface area (Å²) >= 11 is 12.6. The van der Waals surface area contributed by atoms with Crippen LogP contribution in [0.3, 0.4) is 0 Å². The van der Waals surface area contributed by atoms with Crippen LogP contribution in [0.4, 0.5) is 5.69 Å². The van der Waals surface area contributed by atoms with Gasteiger partial charge in [0, 0.05) is 11.8 Å². The minimum atomic E-state index is -3.45. The van der Waals surface area contributed by atoms with Crippen molar-refractivity contribution < 1.29 is 22.4 Å². The molecule has 0 spiro atoms. The van der Waals surface area contributed by atoms with Gasteiger partial charge in [0.1, 0.15) is 16.4 Å². The molecule has 0 fully saturated rings. The Labute approximate surface area is 199 Å². The van der Waals surface area contributed by atoms with Gasteiger partial charge in [-0.25, -0.2) is 18.2 Å². The molecule has 0 bridgehead atoms. The van der Waals surface area contributed by atoms with Gasteiger partial charge in [-0.05, 0) is 37.3 Å². The highest BCUT2D eigenvalue weighted by Gasteiger charge is 2.24. The monoisotopic (exact) mass is 508 g/mol. The first-order valence-corrected chi connectivity index (χ1v) is 12.1. The van der Waals surface area contributed by atoms with Crippen LogP contribution in [0.5, 0.6) is 0 Å². The van der Waals surface area contributed by atoms with E-state index in [1.54, 1.807) is 43.3 Å². The average Bonchev–Trinajstić information content (AvgIpc) is 3.27. The van der Waals surface area contributed by atoms with E-state index in [-0.39, 0.29) is 34.0 Å². The number of hydrogen-bond acceptors (Lipinski definition) is 9. The van der Waals surface area contributed by atoms with E-state index < -0.39 is 21.5 Å². The molecule has 0 amide bonds. The Morgan fingerprint density at radius 3 is 2.58 bits per heavy atom. The van der Waals surface area contributed by atoms with Gasteiger partial charge >= 0.3 is 5.97 Å². The standard InChI is InChI=1S/C21H18Cl2N4O5S/c1-3-31-21(28)17(24)16(23)18(25-15-10-5-4-9-14(15)22)20-27-26-19(32-20)12-7-6-8-13(11-12)33(2,29)30/h4-11H,3,24H2,1-2H3. The van der Waals surface area contributed by atoms with Crippen molar-refractivity contribution in [3.8, 4) is 11.5 Å². The number of benzene rings is 2. The molecule has 3 rings (SSSR count). The van der Waals surface area contributed by atoms with Crippen molar-refractivity contribution in [1.29, 1.82) is 0 Å². The summed E-state index contributed by atoms with van der Waals surface area (Å²) in [5.74, 6) is -1.02. The molecule has 1 aromatic heterocycles. The van der Waals surface area contributed by atoms with Crippen LogP contribution in [0, 0.1) is 0 Å². The van der Waals surface area contributed by atoms with Crippen molar-refractivity contribution in [3.63, 3.8) is 0 Å². The largest absolute Gasteiger partial charge is 0.461 e. The number of aliphatic imine (C=N–C) groups is 1. The van der Waals surface area contributed by atoms with Crippen molar-refractivity contribution in [2.24, 2.45) is 10.7 Å². The molecule has 0 aliphatic rings. The van der Waals surface area contributed by atoms with E-state index in [4.69, 9.17) is 38.1 Å². The Morgan fingerprint density at radius 2 is 1.91 bits per heavy atom. The van der Waals surface area contributed by atoms with E-state index in [0.717, 1.165) is 6.26 Å². The smallest absolute Gasteiger partial charge is 0.355 e. The Bertz CT molecular complexity index is 1370. The van der Waals surface area contributed by atoms with Crippen molar-refractivity contribution in [2.45, 2.75) is 11.8 Å². The number of nitrogens with two attached hydrogens (primary N) is 1. The Kier molecular flexibility index (Phi) is 7.52. The first kappa shape index (κ1) is 24.4. The highest BCUT2D eigenvalue weighted by atomic mass is 35.5. The lowest BCUT2D eigenvalue weighted by Crippen LogP contribution is -2.19. The summed E-state index contributed by atoms with van der Waals surface area (Å²) in [6.07, 6.45) is 1.09. The molecule has 1 heterocycles. The van der Waals surface area contributed by atoms with E-state index in [9.17, 15) is 13.2 Å². The van der Waals surface area contributed by atoms with Gasteiger partial charge in [0.15, 0.2) is 9.84 Å². The summed E-state index contributed by atoms with van der Waals surface area (Å²) in [7, 11) is -3.45. The van der Waals surface area contributed by atoms with E-state index in [1.165, 1.54) is 12.1 Å². The summed E-state index contributed by atoms with van der Waals surface area (Å²) in [6, 6.07) is 12.6. The van der Waals surface area contributed by atoms with Crippen LogP contribution in [0.1, 0.15) is 12.8 Å². The van der Waals surface area contributed by atoms with Crippen LogP contribution in [-0.4, -0.2) is 43.2 Å². The van der Waals surface area contributed by atoms with Gasteiger partial charge in [0.25, 0.3) is 5.89 Å². The zero-order valence-electron chi connectivity index (χ0n) is 17.5. The first-order valence-electron chi connectivity index (χ1n) is 9.42. The first-order chi connectivity index (χ1) is 15.6. The van der Waals surface area contributed by atoms with Gasteiger partial charge in [0.05, 0.1) is 22.2 Å². The van der Waals surface area contributed by atoms with E-state index in [1.807, 2.05) is 0 Å². The molecule has 0 radical (unpaired) electrons. The quantitative estimate of drug-likeness (QED) is 0.288. The predicted molar refractivity (Wildman–Crippen MR) is 124 cm³/mol. The molecule has 0 aliphatic carbocycles. The van der Waals surface area contributed by atoms with Crippen molar-refractivity contribution in [3.05, 3.63) is 70.2 Å². The maximum absolute atomic E-state index is 12.1. The fourth-order valence-electron chi connectivity index (χ4n) is 2.57. The fourth-order valence-corrected chi connectivity index (χ4v) is 3.62. The zero-order valence-corrected chi connectivity index (χ0v) is 19.8. The number of nitrogens with zero attached hydrogens (tertiary/aromatic N) is 3. The number of carbonyl (C=O) groups is 1. The van der Waals surface area contributed by atoms with Crippen LogP contribution in [0.2, 0.25) is 5.02 Å². The summed E-state index contributed by atoms with van der Waals surface area (Å²) in [5.41, 5.74) is 6.00. The number of ether oxygens (including phenoxy) is 1. The molecule has 0 atom stereocenters. The van der Waals surface area contributed by atoms with E-state index in [2.05, 4.69) is 15.2 Å². The lowest BCUT2D eigenvalue weighted by Gasteiger charge is -2.07. The van der Waals surface area contributed by atoms with Gasteiger partial charge in [-0.15, -0.1) is 10.2 Å². The minimum Gasteiger partial charge on any atom is -0.461 e. The minimum absolute atomic E-state index is 0.00142. The second-order valence-corrected chi connectivity index (χ2v) is 9.37. The van der Waals surface area contributed by atoms with Gasteiger partial charge in [-0.1, -0.05) is 41.4 Å². The Hall–Kier alpha value is -3.21. The molecule has 12 heteroatoms. The summed E-state index contributed by atoms with van der Waals surface area (Å²) in [5, 5.41) is 7.92. The summed E-state index contributed by atoms with van der Waals surface area (Å²) in [4.78, 5) is 16.6. The van der Waals surface area contributed by atoms with Crippen LogP contribution in [0.15, 0.2) is 73.6 Å². The SMILES string of the molecule is CCOC(=O)C(N)=C(Cl)C(=Nc1ccccc1Cl)c1nnc(-c2cccc(S(C)(=O)=O)c2)o1. The lowest BCUT2D eigenvalue weighted by molar-refractivity contribution is -0.138. The summed E-state index contributed by atoms with van der Waals surface area (Å²) < 4.78 is 34.3. The van der Waals surface area contributed by atoms with Crippen LogP contribution in [0.25, 0.3) is 11.5 Å². The van der Waals surface area contributed by atoms with Gasteiger partial charge in [-0.2, -0.15) is 0 Å². The number of aromatic nitrogens is 2. The predicted octanol–water partition coefficient (Wildman–Crippen LogP) is 3.89. The van der Waals surface area contributed by atoms with Gasteiger partial charge in [0.2, 0.25) is 5.89 Å². The number of para-hydroxylation sites is 1. The topological polar surface area (TPSA) is 138 Å². The van der Waals surface area contributed by atoms with Crippen molar-refractivity contribution >= 4 is 50.4 Å². The molecule has 172 valence electrons. The van der Waals surface area contributed by atoms with Crippen LogP contribution >= 0.6 is 23.2 Å². The molecule has 0 saturated heterocycles. The average molecular weight is 509 g/mol. The third-order valence-electron chi connectivity index (χ3n) is 4.16. The normalized spacial score (nSPS) is 12.9. The van der Waals surface area contributed by atoms with Crippen LogP contribution in [-0.2, 0) is 19.4 Å². The van der Waals surface area contributed by atoms with Crippen molar-refractivity contribution in [1.82, 2.24) is 10.2 Å². The Balaban J connectivity index is 2.14. The Morgan fingerprint density at radius 1 is 1.18 bits per heavy atom. The lowest BCUT2D eigenvalue weighted by atomic mass is 10.2. The molecule has 0 saturated carbocycles. The van der Waals surface area contributed by atoms with Crippen molar-refractivity contribution in [2.75, 3.05) is 12.9 Å². The highest BCUT2D eigenvalue weighted by molar-refractivity contribution is 7.90. The maximum Gasteiger partial charge on any atom is 0.355 e. The number of allylic oxidation sites excluding steroid dienone is 1. The third-order valence-corrected chi connectivity index (χ3v) is 5.97. The van der Waals surface area contributed by atoms with Gasteiger partial charge in [-0.3, -0.25) is 0 Å². The number of hydrogen-bond donors (Lipinski definition) is 1. The number of rotatable bonds is 7. The summed E-state index contributed by atoms with van der Waals surface area (Å²) in [6.45, 7) is 1.70. The number of sulfone groups is 1. The van der Waals surface area contributed by atoms with Crippen LogP contribution < -0.4 is 5.73 Å². The second kappa shape index (κ2) is 10.2. The molecule has 2 aromatic carbocycles. The molecule has 2 N–H and O–H groups in total. The fraction of sp³-hybridized carbons (Fsp3) is 0.143. The number of halogens is 2. The number of esters is 1. The molecule has 9 nitrogen and oxygen atoms in total. The molecular weight excluding hydrogens is 491 g/mol. The van der Waals surface area contributed by atoms with Gasteiger partial charge < -0.3 is 14.9 Å². The van der Waals surface area contributed by atoms with E-state index in [0.29, 0.717) is 16.3 Å². The molecular formula is C21H18Cl2N4O5S. The number of carbonyl (C=O) groups excluding carboxylic acids is 1. The second-order valence-electron chi connectivity index (χ2n) is 6.57. The molecule has 0 aliphatic heterocycles. The molecule has 3 aromatic rings. The van der Waals surface area contributed by atoms with E-state index >= 15 is 0 Å². The maximum atomic E-state index is 12.1. The zero-order chi connectivity index (χ0) is 24.2. The molecule has 0 unspecified atom stereocenters.